The van der Waals surface area contributed by atoms with Crippen molar-refractivity contribution in [1.82, 2.24) is 9.55 Å². The lowest BCUT2D eigenvalue weighted by Gasteiger charge is -2.38. The van der Waals surface area contributed by atoms with E-state index < -0.39 is 59.5 Å². The molecule has 1 aromatic heterocycles. The van der Waals surface area contributed by atoms with E-state index in [0.717, 1.165) is 12.0 Å². The Morgan fingerprint density at radius 1 is 1.06 bits per heavy atom. The van der Waals surface area contributed by atoms with Crippen LogP contribution in [-0.2, 0) is 0 Å². The lowest BCUT2D eigenvalue weighted by atomic mass is 9.82. The number of alkyl halides is 6. The van der Waals surface area contributed by atoms with E-state index in [0.29, 0.717) is 12.8 Å². The Hall–Kier alpha value is -2.77. The second kappa shape index (κ2) is 7.62. The molecule has 1 aromatic carbocycles. The summed E-state index contributed by atoms with van der Waals surface area (Å²) in [6.45, 7) is -0.0147. The van der Waals surface area contributed by atoms with Crippen LogP contribution in [-0.4, -0.2) is 47.6 Å². The first-order chi connectivity index (χ1) is 15.6. The Bertz CT molecular complexity index is 1250. The van der Waals surface area contributed by atoms with Crippen LogP contribution in [0.25, 0.3) is 10.9 Å². The van der Waals surface area contributed by atoms with Crippen LogP contribution < -0.4 is 26.6 Å². The maximum Gasteiger partial charge on any atom is 0.415 e. The van der Waals surface area contributed by atoms with Gasteiger partial charge in [0.05, 0.1) is 12.5 Å². The van der Waals surface area contributed by atoms with Crippen LogP contribution in [0, 0.1) is 18.7 Å². The number of hydrogen-bond donors (Lipinski definition) is 2. The number of aromatic nitrogens is 2. The Labute approximate surface area is 187 Å². The highest BCUT2D eigenvalue weighted by molar-refractivity contribution is 5.93. The first kappa shape index (κ1) is 24.4. The maximum atomic E-state index is 15.5. The van der Waals surface area contributed by atoms with Crippen molar-refractivity contribution in [1.29, 1.82) is 0 Å². The van der Waals surface area contributed by atoms with Gasteiger partial charge in [0, 0.05) is 30.6 Å². The number of nitrogens with two attached hydrogens (primary N) is 1. The van der Waals surface area contributed by atoms with Crippen molar-refractivity contribution in [2.45, 2.75) is 50.1 Å². The van der Waals surface area contributed by atoms with Gasteiger partial charge in [0.25, 0.3) is 5.56 Å². The number of methoxy groups -OCH3 is 1. The van der Waals surface area contributed by atoms with E-state index in [1.54, 1.807) is 0 Å². The maximum absolute atomic E-state index is 15.5. The molecule has 1 saturated carbocycles. The predicted octanol–water partition coefficient (Wildman–Crippen LogP) is 3.13. The van der Waals surface area contributed by atoms with Gasteiger partial charge in [0.1, 0.15) is 11.2 Å². The second-order valence-corrected chi connectivity index (χ2v) is 8.70. The number of ether oxygens (including phenoxy) is 1. The lowest BCUT2D eigenvalue weighted by molar-refractivity contribution is -0.309. The molecule has 188 valence electrons. The minimum Gasteiger partial charge on any atom is -0.492 e. The minimum absolute atomic E-state index is 0.0539. The van der Waals surface area contributed by atoms with Gasteiger partial charge >= 0.3 is 18.0 Å². The molecule has 1 atom stereocenters. The standard InChI is InChI=1S/C20H21F7N4O3/c1-8-11-13(31(10-3-4-10)17(33)29-16(11)32)15(34-2)14(12(8)21)30-6-5-9(7-30)18(28,19(22,23)24)20(25,26)27/h9-10H,3-7,28H2,1-2H3,(H,29,32,33). The number of halogens is 7. The molecule has 2 heterocycles. The largest absolute Gasteiger partial charge is 0.492 e. The minimum atomic E-state index is -5.80. The molecule has 3 N–H and O–H groups in total. The summed E-state index contributed by atoms with van der Waals surface area (Å²) in [7, 11) is 1.11. The quantitative estimate of drug-likeness (QED) is 0.632. The molecule has 1 aliphatic carbocycles. The average molecular weight is 498 g/mol. The van der Waals surface area contributed by atoms with E-state index in [9.17, 15) is 35.9 Å². The number of rotatable bonds is 4. The van der Waals surface area contributed by atoms with E-state index in [2.05, 4.69) is 4.98 Å². The van der Waals surface area contributed by atoms with Crippen molar-refractivity contribution < 1.29 is 35.5 Å². The fraction of sp³-hybridized carbons (Fsp3) is 0.600. The van der Waals surface area contributed by atoms with Crippen molar-refractivity contribution in [3.63, 3.8) is 0 Å². The fourth-order valence-corrected chi connectivity index (χ4v) is 4.73. The molecular weight excluding hydrogens is 477 g/mol. The summed E-state index contributed by atoms with van der Waals surface area (Å²) in [6, 6.07) is -0.308. The number of aryl methyl sites for hydroxylation is 1. The van der Waals surface area contributed by atoms with Crippen molar-refractivity contribution in [2.75, 3.05) is 25.1 Å². The molecule has 1 unspecified atom stereocenters. The molecule has 4 rings (SSSR count). The van der Waals surface area contributed by atoms with Crippen LogP contribution in [0.5, 0.6) is 5.75 Å². The molecule has 2 aromatic rings. The van der Waals surface area contributed by atoms with E-state index in [4.69, 9.17) is 10.5 Å². The zero-order valence-corrected chi connectivity index (χ0v) is 18.0. The third-order valence-corrected chi connectivity index (χ3v) is 6.69. The number of hydrogen-bond acceptors (Lipinski definition) is 5. The number of nitrogens with one attached hydrogen (secondary N) is 1. The van der Waals surface area contributed by atoms with Gasteiger partial charge in [-0.1, -0.05) is 0 Å². The topological polar surface area (TPSA) is 93.3 Å². The summed E-state index contributed by atoms with van der Waals surface area (Å²) in [6.07, 6.45) is -11.0. The number of fused-ring (bicyclic) bond motifs is 1. The summed E-state index contributed by atoms with van der Waals surface area (Å²) in [5.74, 6) is -3.48. The van der Waals surface area contributed by atoms with Gasteiger partial charge in [0.2, 0.25) is 5.54 Å². The predicted molar refractivity (Wildman–Crippen MR) is 108 cm³/mol. The molecule has 7 nitrogen and oxygen atoms in total. The van der Waals surface area contributed by atoms with Gasteiger partial charge in [-0.25, -0.2) is 9.18 Å². The normalized spacial score (nSPS) is 19.8. The van der Waals surface area contributed by atoms with E-state index in [1.807, 2.05) is 0 Å². The van der Waals surface area contributed by atoms with E-state index >= 15 is 4.39 Å². The monoisotopic (exact) mass is 498 g/mol. The number of H-pyrrole nitrogens is 1. The zero-order valence-electron chi connectivity index (χ0n) is 18.0. The van der Waals surface area contributed by atoms with Gasteiger partial charge in [-0.05, 0) is 26.2 Å². The molecule has 1 aliphatic heterocycles. The molecule has 1 saturated heterocycles. The SMILES string of the molecule is COc1c(N2CCC(C(N)(C(F)(F)F)C(F)(F)F)C2)c(F)c(C)c2c(=O)[nH]c(=O)n(C3CC3)c12. The molecule has 2 fully saturated rings. The van der Waals surface area contributed by atoms with Crippen LogP contribution in [0.15, 0.2) is 9.59 Å². The Morgan fingerprint density at radius 2 is 1.65 bits per heavy atom. The van der Waals surface area contributed by atoms with Crippen LogP contribution >= 0.6 is 0 Å². The molecule has 0 radical (unpaired) electrons. The Morgan fingerprint density at radius 3 is 2.15 bits per heavy atom. The molecule has 0 spiro atoms. The number of benzene rings is 1. The van der Waals surface area contributed by atoms with Crippen molar-refractivity contribution in [3.05, 3.63) is 32.2 Å². The molecule has 2 aliphatic rings. The molecule has 14 heteroatoms. The summed E-state index contributed by atoms with van der Waals surface area (Å²) < 4.78 is 103. The highest BCUT2D eigenvalue weighted by atomic mass is 19.4. The van der Waals surface area contributed by atoms with Gasteiger partial charge in [-0.15, -0.1) is 0 Å². The lowest BCUT2D eigenvalue weighted by Crippen LogP contribution is -2.68. The number of nitrogens with zero attached hydrogens (tertiary/aromatic N) is 2. The van der Waals surface area contributed by atoms with Crippen LogP contribution in [0.3, 0.4) is 0 Å². The zero-order chi connectivity index (χ0) is 25.4. The van der Waals surface area contributed by atoms with Gasteiger partial charge < -0.3 is 15.4 Å². The Balaban J connectivity index is 1.92. The third kappa shape index (κ3) is 3.36. The van der Waals surface area contributed by atoms with Crippen molar-refractivity contribution in [2.24, 2.45) is 11.7 Å². The number of anilines is 1. The van der Waals surface area contributed by atoms with Crippen molar-refractivity contribution >= 4 is 16.6 Å². The van der Waals surface area contributed by atoms with Crippen LogP contribution in [0.4, 0.5) is 36.4 Å². The molecule has 0 bridgehead atoms. The van der Waals surface area contributed by atoms with Crippen LogP contribution in [0.1, 0.15) is 30.9 Å². The molecule has 0 amide bonds. The second-order valence-electron chi connectivity index (χ2n) is 8.70. The summed E-state index contributed by atoms with van der Waals surface area (Å²) in [5, 5.41) is -0.181. The highest BCUT2D eigenvalue weighted by Crippen LogP contribution is 2.51. The van der Waals surface area contributed by atoms with Gasteiger partial charge in [0.15, 0.2) is 11.6 Å². The van der Waals surface area contributed by atoms with E-state index in [-0.39, 0.29) is 34.8 Å². The third-order valence-electron chi connectivity index (χ3n) is 6.69. The molecule has 34 heavy (non-hydrogen) atoms. The first-order valence-electron chi connectivity index (χ1n) is 10.4. The summed E-state index contributed by atoms with van der Waals surface area (Å²) >= 11 is 0. The smallest absolute Gasteiger partial charge is 0.415 e. The fourth-order valence-electron chi connectivity index (χ4n) is 4.73. The summed E-state index contributed by atoms with van der Waals surface area (Å²) in [5.41, 5.74) is -1.89. The van der Waals surface area contributed by atoms with E-state index in [1.165, 1.54) is 11.5 Å². The number of aromatic amines is 1. The highest BCUT2D eigenvalue weighted by Gasteiger charge is 2.72. The average Bonchev–Trinajstić information content (AvgIpc) is 3.43. The van der Waals surface area contributed by atoms with Crippen molar-refractivity contribution in [3.8, 4) is 5.75 Å². The molecular formula is C20H21F7N4O3. The first-order valence-corrected chi connectivity index (χ1v) is 10.4. The van der Waals surface area contributed by atoms with Gasteiger partial charge in [-0.2, -0.15) is 26.3 Å². The van der Waals surface area contributed by atoms with Gasteiger partial charge in [-0.3, -0.25) is 14.3 Å². The summed E-state index contributed by atoms with van der Waals surface area (Å²) in [4.78, 5) is 28.1. The Kier molecular flexibility index (Phi) is 5.46. The van der Waals surface area contributed by atoms with Crippen LogP contribution in [0.2, 0.25) is 0 Å².